The van der Waals surface area contributed by atoms with E-state index < -0.39 is 16.9 Å². The number of carbonyl (C=O) groups is 2. The van der Waals surface area contributed by atoms with Crippen LogP contribution in [0.3, 0.4) is 0 Å². The van der Waals surface area contributed by atoms with Gasteiger partial charge in [0.1, 0.15) is 0 Å². The molecule has 0 saturated carbocycles. The summed E-state index contributed by atoms with van der Waals surface area (Å²) in [6.07, 6.45) is -3.84. The molecule has 5 rings (SSSR count). The predicted octanol–water partition coefficient (Wildman–Crippen LogP) is 6.68. The van der Waals surface area contributed by atoms with Crippen LogP contribution in [0.5, 0.6) is 0 Å². The zero-order valence-electron chi connectivity index (χ0n) is 15.7. The van der Waals surface area contributed by atoms with Gasteiger partial charge in [-0.2, -0.15) is 9.59 Å². The van der Waals surface area contributed by atoms with Crippen LogP contribution in [-0.4, -0.2) is 27.1 Å². The first kappa shape index (κ1) is 19.0. The lowest BCUT2D eigenvalue weighted by Gasteiger charge is -2.07. The van der Waals surface area contributed by atoms with Crippen LogP contribution in [0.4, 0.5) is 9.59 Å². The Labute approximate surface area is 170 Å². The summed E-state index contributed by atoms with van der Waals surface area (Å²) in [5, 5.41) is 25.7. The molecule has 30 heavy (non-hydrogen) atoms. The third kappa shape index (κ3) is 3.66. The summed E-state index contributed by atoms with van der Waals surface area (Å²) in [7, 11) is 0. The summed E-state index contributed by atoms with van der Waals surface area (Å²) in [6.45, 7) is 0. The topological polar surface area (TPSA) is 99.9 Å². The van der Waals surface area contributed by atoms with Crippen molar-refractivity contribution in [1.82, 2.24) is 0 Å². The first-order chi connectivity index (χ1) is 14.4. The van der Waals surface area contributed by atoms with Crippen LogP contribution in [-0.2, 0) is 0 Å². The Balaban J connectivity index is 0.000000235. The number of nitrogens with zero attached hydrogens (tertiary/aromatic N) is 2. The molecule has 0 aliphatic carbocycles. The van der Waals surface area contributed by atoms with Gasteiger partial charge < -0.3 is 15.7 Å². The number of carboxylic acid groups (broad SMARTS) is 2. The molecule has 0 bridgehead atoms. The summed E-state index contributed by atoms with van der Waals surface area (Å²) in [5.41, 5.74) is 7.84. The van der Waals surface area contributed by atoms with Gasteiger partial charge in [0, 0.05) is 0 Å². The molecule has 5 aromatic carbocycles. The fourth-order valence-corrected chi connectivity index (χ4v) is 3.47. The molecule has 0 fully saturated rings. The highest BCUT2D eigenvalue weighted by Gasteiger charge is 2.16. The van der Waals surface area contributed by atoms with Gasteiger partial charge in [0.2, 0.25) is 0 Å². The van der Waals surface area contributed by atoms with Gasteiger partial charge in [-0.15, -0.1) is 4.70 Å². The van der Waals surface area contributed by atoms with Crippen LogP contribution in [0.1, 0.15) is 0 Å². The van der Waals surface area contributed by atoms with Crippen LogP contribution in [0.15, 0.2) is 84.9 Å². The molecule has 2 amide bonds. The summed E-state index contributed by atoms with van der Waals surface area (Å²) < 4.78 is -0.833. The normalized spacial score (nSPS) is 10.7. The Bertz CT molecular complexity index is 1270. The fourth-order valence-electron chi connectivity index (χ4n) is 3.47. The number of amides is 2. The lowest BCUT2D eigenvalue weighted by atomic mass is 9.97. The van der Waals surface area contributed by atoms with Crippen molar-refractivity contribution in [2.75, 3.05) is 0 Å². The van der Waals surface area contributed by atoms with Gasteiger partial charge in [0.05, 0.1) is 0 Å². The van der Waals surface area contributed by atoms with E-state index in [9.17, 15) is 9.59 Å². The molecule has 2 N–H and O–H groups in total. The maximum Gasteiger partial charge on any atom is 0.594 e. The molecule has 0 aliphatic rings. The fraction of sp³-hybridized carbons (Fsp3) is 0. The van der Waals surface area contributed by atoms with E-state index in [-0.39, 0.29) is 0 Å². The van der Waals surface area contributed by atoms with Crippen molar-refractivity contribution in [3.63, 3.8) is 0 Å². The lowest BCUT2D eigenvalue weighted by molar-refractivity contribution is -0.383. The maximum atomic E-state index is 9.44. The Morgan fingerprint density at radius 3 is 0.967 bits per heavy atom. The zero-order chi connectivity index (χ0) is 21.3. The first-order valence-corrected chi connectivity index (χ1v) is 9.12. The van der Waals surface area contributed by atoms with Gasteiger partial charge in [-0.3, -0.25) is 0 Å². The van der Waals surface area contributed by atoms with Crippen LogP contribution in [0.25, 0.3) is 48.6 Å². The van der Waals surface area contributed by atoms with E-state index in [4.69, 9.17) is 15.7 Å². The average molecular weight is 396 g/mol. The van der Waals surface area contributed by atoms with E-state index in [0.29, 0.717) is 0 Å². The third-order valence-corrected chi connectivity index (χ3v) is 4.89. The largest absolute Gasteiger partial charge is 0.594 e. The second kappa shape index (κ2) is 7.60. The maximum absolute atomic E-state index is 9.44. The van der Waals surface area contributed by atoms with E-state index >= 15 is 0 Å². The minimum absolute atomic E-state index is 0.833. The SMILES string of the molecule is [N-]=[N+](C(=O)O)C(=O)O.c1ccc2cc3cc4cc5ccccc5cc4cc3cc2c1. The molecule has 5 aromatic rings. The highest BCUT2D eigenvalue weighted by Crippen LogP contribution is 2.29. The monoisotopic (exact) mass is 396 g/mol. The van der Waals surface area contributed by atoms with Gasteiger partial charge in [0.25, 0.3) is 0 Å². The van der Waals surface area contributed by atoms with Crippen molar-refractivity contribution in [2.45, 2.75) is 0 Å². The average Bonchev–Trinajstić information content (AvgIpc) is 2.74. The molecule has 0 aliphatic heterocycles. The van der Waals surface area contributed by atoms with Crippen molar-refractivity contribution in [3.8, 4) is 0 Å². The smallest absolute Gasteiger partial charge is 0.481 e. The van der Waals surface area contributed by atoms with Crippen molar-refractivity contribution in [3.05, 3.63) is 90.5 Å². The molecular weight excluding hydrogens is 380 g/mol. The highest BCUT2D eigenvalue weighted by atomic mass is 16.4. The molecule has 0 saturated heterocycles. The zero-order valence-corrected chi connectivity index (χ0v) is 15.7. The first-order valence-electron chi connectivity index (χ1n) is 9.12. The van der Waals surface area contributed by atoms with Gasteiger partial charge in [-0.05, 0) is 79.5 Å². The second-order valence-corrected chi connectivity index (χ2v) is 6.82. The van der Waals surface area contributed by atoms with E-state index in [1.165, 1.54) is 43.1 Å². The molecule has 0 aromatic heterocycles. The van der Waals surface area contributed by atoms with Gasteiger partial charge in [-0.25, -0.2) is 0 Å². The van der Waals surface area contributed by atoms with Crippen LogP contribution in [0.2, 0.25) is 0 Å². The van der Waals surface area contributed by atoms with E-state index in [2.05, 4.69) is 84.9 Å². The summed E-state index contributed by atoms with van der Waals surface area (Å²) in [5.74, 6) is 0. The highest BCUT2D eigenvalue weighted by molar-refractivity contribution is 6.08. The van der Waals surface area contributed by atoms with Crippen molar-refractivity contribution < 1.29 is 24.5 Å². The molecule has 0 spiro atoms. The van der Waals surface area contributed by atoms with Crippen molar-refractivity contribution in [1.29, 1.82) is 0 Å². The lowest BCUT2D eigenvalue weighted by Crippen LogP contribution is -2.20. The minimum Gasteiger partial charge on any atom is -0.481 e. The number of fused-ring (bicyclic) bond motifs is 4. The third-order valence-electron chi connectivity index (χ3n) is 4.89. The Kier molecular flexibility index (Phi) is 4.82. The van der Waals surface area contributed by atoms with Gasteiger partial charge in [0.15, 0.2) is 0 Å². The Hall–Kier alpha value is -4.32. The second-order valence-electron chi connectivity index (χ2n) is 6.82. The molecule has 0 unspecified atom stereocenters. The van der Waals surface area contributed by atoms with Gasteiger partial charge >= 0.3 is 12.2 Å². The van der Waals surface area contributed by atoms with Crippen LogP contribution < -0.4 is 0 Å². The van der Waals surface area contributed by atoms with Gasteiger partial charge in [-0.1, -0.05) is 48.5 Å². The quantitative estimate of drug-likeness (QED) is 0.173. The number of rotatable bonds is 0. The van der Waals surface area contributed by atoms with Crippen molar-refractivity contribution >= 4 is 55.3 Å². The number of imide groups is 1. The summed E-state index contributed by atoms with van der Waals surface area (Å²) in [6, 6.07) is 30.9. The summed E-state index contributed by atoms with van der Waals surface area (Å²) >= 11 is 0. The van der Waals surface area contributed by atoms with E-state index in [1.54, 1.807) is 0 Å². The molecule has 0 atom stereocenters. The minimum atomic E-state index is -1.92. The van der Waals surface area contributed by atoms with Crippen LogP contribution in [0, 0.1) is 0 Å². The van der Waals surface area contributed by atoms with E-state index in [0.717, 1.165) is 0 Å². The molecule has 6 heteroatoms. The predicted molar refractivity (Wildman–Crippen MR) is 116 cm³/mol. The molecule has 0 radical (unpaired) electrons. The Morgan fingerprint density at radius 1 is 0.533 bits per heavy atom. The molecule has 0 heterocycles. The molecule has 6 nitrogen and oxygen atoms in total. The van der Waals surface area contributed by atoms with Crippen molar-refractivity contribution in [2.24, 2.45) is 0 Å². The Morgan fingerprint density at radius 2 is 0.767 bits per heavy atom. The molecule has 146 valence electrons. The van der Waals surface area contributed by atoms with Crippen LogP contribution >= 0.6 is 0 Å². The van der Waals surface area contributed by atoms with E-state index in [1.807, 2.05) is 0 Å². The molecular formula is C24H16N2O4. The number of benzene rings is 5. The number of hydrogen-bond donors (Lipinski definition) is 2. The summed E-state index contributed by atoms with van der Waals surface area (Å²) in [4.78, 5) is 18.9. The standard InChI is InChI=1S/C22H14.C2H2N2O4/c1-2-6-16-10-20-14-22-12-18-8-4-3-7-17(18)11-21(22)13-19(20)9-15(16)5-1;3-4(1(5)6)2(7)8/h1-14H;(H,5,6)(H,7,8). The number of hydrogen-bond acceptors (Lipinski definition) is 2.